The lowest BCUT2D eigenvalue weighted by Gasteiger charge is -2.47. The van der Waals surface area contributed by atoms with Gasteiger partial charge in [-0.2, -0.15) is 0 Å². The molecule has 2 aliphatic heterocycles. The number of ether oxygens (including phenoxy) is 3. The molecule has 2 heterocycles. The van der Waals surface area contributed by atoms with E-state index in [-0.39, 0.29) is 12.3 Å². The molecule has 138 valence electrons. The van der Waals surface area contributed by atoms with Crippen LogP contribution in [0.5, 0.6) is 11.5 Å². The molecule has 0 radical (unpaired) electrons. The van der Waals surface area contributed by atoms with Crippen LogP contribution in [-0.4, -0.2) is 32.3 Å². The van der Waals surface area contributed by atoms with Gasteiger partial charge in [0.05, 0.1) is 20.3 Å². The van der Waals surface area contributed by atoms with Crippen molar-refractivity contribution in [1.29, 1.82) is 0 Å². The molecule has 0 spiro atoms. The Kier molecular flexibility index (Phi) is 4.03. The summed E-state index contributed by atoms with van der Waals surface area (Å²) in [5, 5.41) is 2.51. The van der Waals surface area contributed by atoms with E-state index in [4.69, 9.17) is 14.2 Å². The molecule has 3 aromatic rings. The van der Waals surface area contributed by atoms with Gasteiger partial charge < -0.3 is 14.2 Å². The molecule has 4 nitrogen and oxygen atoms in total. The molecular formula is C23H23NO3. The molecule has 4 heteroatoms. The normalized spacial score (nSPS) is 24.7. The fraction of sp³-hybridized carbons (Fsp3) is 0.304. The first-order valence-corrected chi connectivity index (χ1v) is 9.38. The van der Waals surface area contributed by atoms with Gasteiger partial charge in [-0.05, 0) is 41.6 Å². The summed E-state index contributed by atoms with van der Waals surface area (Å²) in [4.78, 5) is 2.34. The highest BCUT2D eigenvalue weighted by atomic mass is 16.5. The maximum atomic E-state index is 6.26. The first kappa shape index (κ1) is 16.6. The molecule has 1 saturated heterocycles. The second kappa shape index (κ2) is 6.55. The lowest BCUT2D eigenvalue weighted by Crippen LogP contribution is -2.46. The van der Waals surface area contributed by atoms with Gasteiger partial charge in [-0.15, -0.1) is 0 Å². The Hall–Kier alpha value is -2.56. The van der Waals surface area contributed by atoms with Crippen molar-refractivity contribution >= 4 is 10.8 Å². The van der Waals surface area contributed by atoms with Crippen molar-refractivity contribution in [3.8, 4) is 11.5 Å². The lowest BCUT2D eigenvalue weighted by molar-refractivity contribution is -0.155. The maximum Gasteiger partial charge on any atom is 0.137 e. The number of rotatable bonds is 2. The topological polar surface area (TPSA) is 30.9 Å². The summed E-state index contributed by atoms with van der Waals surface area (Å²) in [7, 11) is 3.85. The Balaban J connectivity index is 1.60. The maximum absolute atomic E-state index is 6.26. The molecule has 0 bridgehead atoms. The molecule has 0 saturated carbocycles. The average Bonchev–Trinajstić information content (AvgIpc) is 2.73. The largest absolute Gasteiger partial charge is 0.497 e. The van der Waals surface area contributed by atoms with Crippen molar-refractivity contribution < 1.29 is 14.2 Å². The summed E-state index contributed by atoms with van der Waals surface area (Å²) in [6, 6.07) is 21.2. The third-order valence-corrected chi connectivity index (χ3v) is 5.78. The van der Waals surface area contributed by atoms with Crippen LogP contribution in [0.3, 0.4) is 0 Å². The zero-order valence-corrected chi connectivity index (χ0v) is 15.6. The van der Waals surface area contributed by atoms with Crippen LogP contribution in [-0.2, 0) is 4.74 Å². The summed E-state index contributed by atoms with van der Waals surface area (Å²) in [5.41, 5.74) is 2.40. The van der Waals surface area contributed by atoms with E-state index in [2.05, 4.69) is 60.5 Å². The predicted molar refractivity (Wildman–Crippen MR) is 105 cm³/mol. The highest BCUT2D eigenvalue weighted by molar-refractivity contribution is 5.88. The van der Waals surface area contributed by atoms with E-state index >= 15 is 0 Å². The Morgan fingerprint density at radius 1 is 1.00 bits per heavy atom. The smallest absolute Gasteiger partial charge is 0.137 e. The molecule has 0 N–H and O–H groups in total. The van der Waals surface area contributed by atoms with Crippen LogP contribution < -0.4 is 9.47 Å². The van der Waals surface area contributed by atoms with Gasteiger partial charge in [-0.3, -0.25) is 4.90 Å². The van der Waals surface area contributed by atoms with Gasteiger partial charge in [0.2, 0.25) is 0 Å². The van der Waals surface area contributed by atoms with Crippen LogP contribution >= 0.6 is 0 Å². The molecule has 3 atom stereocenters. The fourth-order valence-corrected chi connectivity index (χ4v) is 4.51. The minimum absolute atomic E-state index is 0.105. The first-order chi connectivity index (χ1) is 13.3. The predicted octanol–water partition coefficient (Wildman–Crippen LogP) is 4.56. The summed E-state index contributed by atoms with van der Waals surface area (Å²) in [6.45, 7) is 1.37. The number of nitrogens with zero attached hydrogens (tertiary/aromatic N) is 1. The third-order valence-electron chi connectivity index (χ3n) is 5.78. The first-order valence-electron chi connectivity index (χ1n) is 9.38. The Morgan fingerprint density at radius 3 is 2.78 bits per heavy atom. The van der Waals surface area contributed by atoms with Gasteiger partial charge in [0.25, 0.3) is 0 Å². The van der Waals surface area contributed by atoms with Crippen LogP contribution in [0.25, 0.3) is 10.8 Å². The summed E-state index contributed by atoms with van der Waals surface area (Å²) >= 11 is 0. The van der Waals surface area contributed by atoms with Crippen molar-refractivity contribution in [2.75, 3.05) is 27.4 Å². The zero-order valence-electron chi connectivity index (χ0n) is 15.6. The third kappa shape index (κ3) is 2.68. The van der Waals surface area contributed by atoms with Gasteiger partial charge >= 0.3 is 0 Å². The van der Waals surface area contributed by atoms with E-state index in [1.807, 2.05) is 12.1 Å². The van der Waals surface area contributed by atoms with Gasteiger partial charge in [-0.1, -0.05) is 42.5 Å². The molecule has 0 amide bonds. The van der Waals surface area contributed by atoms with Crippen molar-refractivity contribution in [2.24, 2.45) is 5.92 Å². The Labute approximate surface area is 159 Å². The second-order valence-corrected chi connectivity index (χ2v) is 7.34. The van der Waals surface area contributed by atoms with Gasteiger partial charge in [-0.25, -0.2) is 0 Å². The summed E-state index contributed by atoms with van der Waals surface area (Å²) < 4.78 is 17.8. The molecule has 1 fully saturated rings. The number of methoxy groups -OCH3 is 1. The monoisotopic (exact) mass is 361 g/mol. The van der Waals surface area contributed by atoms with E-state index < -0.39 is 0 Å². The fourth-order valence-electron chi connectivity index (χ4n) is 4.51. The van der Waals surface area contributed by atoms with Crippen molar-refractivity contribution in [1.82, 2.24) is 4.90 Å². The highest BCUT2D eigenvalue weighted by Gasteiger charge is 2.42. The van der Waals surface area contributed by atoms with Crippen LogP contribution in [0.15, 0.2) is 60.7 Å². The van der Waals surface area contributed by atoms with Gasteiger partial charge in [0, 0.05) is 17.5 Å². The highest BCUT2D eigenvalue weighted by Crippen LogP contribution is 2.48. The van der Waals surface area contributed by atoms with Gasteiger partial charge in [0.15, 0.2) is 0 Å². The minimum Gasteiger partial charge on any atom is -0.497 e. The van der Waals surface area contributed by atoms with Crippen molar-refractivity contribution in [2.45, 2.75) is 12.3 Å². The molecule has 0 aromatic heterocycles. The molecule has 5 rings (SSSR count). The lowest BCUT2D eigenvalue weighted by atomic mass is 9.85. The molecule has 1 unspecified atom stereocenters. The zero-order chi connectivity index (χ0) is 18.4. The Morgan fingerprint density at radius 2 is 1.89 bits per heavy atom. The molecule has 2 aliphatic rings. The number of hydrogen-bond acceptors (Lipinski definition) is 4. The quantitative estimate of drug-likeness (QED) is 0.670. The molecule has 27 heavy (non-hydrogen) atoms. The van der Waals surface area contributed by atoms with Crippen LogP contribution in [0.2, 0.25) is 0 Å². The van der Waals surface area contributed by atoms with E-state index in [1.165, 1.54) is 16.3 Å². The Bertz CT molecular complexity index is 986. The molecular weight excluding hydrogens is 338 g/mol. The van der Waals surface area contributed by atoms with Crippen LogP contribution in [0.4, 0.5) is 0 Å². The molecule has 3 aromatic carbocycles. The summed E-state index contributed by atoms with van der Waals surface area (Å²) in [5.74, 6) is 2.16. The summed E-state index contributed by atoms with van der Waals surface area (Å²) in [6.07, 6.45) is -0.105. The SMILES string of the molecule is COc1cccc(C2OC[C@@H]3COc4ccc5ccccc5c4[C@@H]3N2C)c1. The van der Waals surface area contributed by atoms with Crippen LogP contribution in [0.1, 0.15) is 23.4 Å². The number of fused-ring (bicyclic) bond motifs is 5. The van der Waals surface area contributed by atoms with E-state index in [0.29, 0.717) is 19.1 Å². The van der Waals surface area contributed by atoms with Crippen molar-refractivity contribution in [3.63, 3.8) is 0 Å². The van der Waals surface area contributed by atoms with Crippen molar-refractivity contribution in [3.05, 3.63) is 71.8 Å². The molecule has 0 aliphatic carbocycles. The minimum atomic E-state index is -0.105. The average molecular weight is 361 g/mol. The van der Waals surface area contributed by atoms with E-state index in [1.54, 1.807) is 7.11 Å². The number of hydrogen-bond donors (Lipinski definition) is 0. The standard InChI is InChI=1S/C23H23NO3/c1-24-22-17(14-27-23(24)16-7-5-8-18(12-16)25-2)13-26-20-11-10-15-6-3-4-9-19(15)21(20)22/h3-12,17,22-23H,13-14H2,1-2H3/t17-,22+,23?/m0/s1. The number of benzene rings is 3. The van der Waals surface area contributed by atoms with E-state index in [9.17, 15) is 0 Å². The second-order valence-electron chi connectivity index (χ2n) is 7.34. The van der Waals surface area contributed by atoms with E-state index in [0.717, 1.165) is 17.1 Å². The van der Waals surface area contributed by atoms with Crippen LogP contribution in [0, 0.1) is 5.92 Å². The van der Waals surface area contributed by atoms with Gasteiger partial charge in [0.1, 0.15) is 17.7 Å².